The number of nitrogens with two attached hydrogens (primary N) is 1. The van der Waals surface area contributed by atoms with Crippen LogP contribution in [0.5, 0.6) is 0 Å². The molecule has 15 heavy (non-hydrogen) atoms. The molecule has 2 N–H and O–H groups in total. The van der Waals surface area contributed by atoms with E-state index >= 15 is 0 Å². The second kappa shape index (κ2) is 3.72. The van der Waals surface area contributed by atoms with E-state index in [2.05, 4.69) is 23.7 Å². The van der Waals surface area contributed by atoms with Gasteiger partial charge >= 0.3 is 0 Å². The zero-order valence-electron chi connectivity index (χ0n) is 9.53. The summed E-state index contributed by atoms with van der Waals surface area (Å²) in [6.45, 7) is 6.83. The number of aromatic nitrogens is 1. The molecule has 1 fully saturated rings. The van der Waals surface area contributed by atoms with Crippen LogP contribution in [-0.2, 0) is 0 Å². The van der Waals surface area contributed by atoms with Gasteiger partial charge in [0.2, 0.25) is 0 Å². The highest BCUT2D eigenvalue weighted by Gasteiger charge is 2.25. The average Bonchev–Trinajstić information content (AvgIpc) is 2.17. The number of rotatable bonds is 1. The van der Waals surface area contributed by atoms with Crippen LogP contribution >= 0.6 is 0 Å². The Kier molecular flexibility index (Phi) is 2.55. The van der Waals surface area contributed by atoms with Crippen molar-refractivity contribution in [3.8, 4) is 0 Å². The zero-order chi connectivity index (χ0) is 10.9. The number of nitrogens with zero attached hydrogens (tertiary/aromatic N) is 2. The van der Waals surface area contributed by atoms with Crippen molar-refractivity contribution in [2.75, 3.05) is 23.7 Å². The predicted octanol–water partition coefficient (Wildman–Crippen LogP) is 2.29. The Hall–Kier alpha value is -1.25. The summed E-state index contributed by atoms with van der Waals surface area (Å²) in [5, 5.41) is 0. The Bertz CT molecular complexity index is 336. The lowest BCUT2D eigenvalue weighted by molar-refractivity contribution is 0.279. The maximum Gasteiger partial charge on any atom is 0.130 e. The lowest BCUT2D eigenvalue weighted by Crippen LogP contribution is -2.37. The fourth-order valence-corrected chi connectivity index (χ4v) is 1.95. The molecule has 0 aromatic carbocycles. The summed E-state index contributed by atoms with van der Waals surface area (Å²) in [6.07, 6.45) is 4.23. The van der Waals surface area contributed by atoms with Crippen LogP contribution in [0.15, 0.2) is 18.3 Å². The van der Waals surface area contributed by atoms with Crippen molar-refractivity contribution in [3.05, 3.63) is 18.3 Å². The summed E-state index contributed by atoms with van der Waals surface area (Å²) in [4.78, 5) is 6.68. The van der Waals surface area contributed by atoms with Gasteiger partial charge in [-0.25, -0.2) is 4.98 Å². The highest BCUT2D eigenvalue weighted by molar-refractivity contribution is 5.50. The molecule has 1 aliphatic rings. The molecule has 3 nitrogen and oxygen atoms in total. The molecular formula is C12H19N3. The molecule has 0 saturated carbocycles. The molecule has 82 valence electrons. The molecule has 0 aliphatic carbocycles. The van der Waals surface area contributed by atoms with Crippen LogP contribution in [0.25, 0.3) is 0 Å². The summed E-state index contributed by atoms with van der Waals surface area (Å²) in [6, 6.07) is 3.79. The molecular weight excluding hydrogens is 186 g/mol. The fraction of sp³-hybridized carbons (Fsp3) is 0.583. The number of piperidine rings is 1. The second-order valence-electron chi connectivity index (χ2n) is 5.10. The van der Waals surface area contributed by atoms with Crippen molar-refractivity contribution in [2.24, 2.45) is 5.41 Å². The van der Waals surface area contributed by atoms with Gasteiger partial charge in [-0.15, -0.1) is 0 Å². The predicted molar refractivity (Wildman–Crippen MR) is 63.9 cm³/mol. The molecule has 2 heterocycles. The summed E-state index contributed by atoms with van der Waals surface area (Å²) >= 11 is 0. The Balaban J connectivity index is 2.08. The molecule has 0 spiro atoms. The molecule has 0 radical (unpaired) electrons. The zero-order valence-corrected chi connectivity index (χ0v) is 9.53. The minimum Gasteiger partial charge on any atom is -0.399 e. The van der Waals surface area contributed by atoms with Crippen LogP contribution in [0.1, 0.15) is 26.7 Å². The van der Waals surface area contributed by atoms with E-state index in [0.717, 1.165) is 24.6 Å². The summed E-state index contributed by atoms with van der Waals surface area (Å²) in [5.74, 6) is 1.02. The molecule has 1 aromatic rings. The van der Waals surface area contributed by atoms with Gasteiger partial charge in [0.15, 0.2) is 0 Å². The number of hydrogen-bond acceptors (Lipinski definition) is 3. The van der Waals surface area contributed by atoms with E-state index in [1.807, 2.05) is 12.1 Å². The van der Waals surface area contributed by atoms with E-state index in [-0.39, 0.29) is 0 Å². The van der Waals surface area contributed by atoms with E-state index in [1.165, 1.54) is 12.8 Å². The third-order valence-electron chi connectivity index (χ3n) is 3.21. The van der Waals surface area contributed by atoms with Gasteiger partial charge in [0, 0.05) is 31.0 Å². The minimum atomic E-state index is 0.483. The first kappa shape index (κ1) is 10.3. The highest BCUT2D eigenvalue weighted by Crippen LogP contribution is 2.31. The van der Waals surface area contributed by atoms with Gasteiger partial charge in [0.25, 0.3) is 0 Å². The molecule has 1 saturated heterocycles. The SMILES string of the molecule is CC1(C)CCN(c2cc(N)ccn2)CC1. The van der Waals surface area contributed by atoms with Gasteiger partial charge in [-0.05, 0) is 24.3 Å². The van der Waals surface area contributed by atoms with Gasteiger partial charge in [0.05, 0.1) is 0 Å². The normalized spacial score (nSPS) is 20.3. The van der Waals surface area contributed by atoms with Crippen molar-refractivity contribution >= 4 is 11.5 Å². The standard InChI is InChI=1S/C12H19N3/c1-12(2)4-7-15(8-5-12)11-9-10(13)3-6-14-11/h3,6,9H,4-5,7-8H2,1-2H3,(H2,13,14). The Morgan fingerprint density at radius 2 is 2.00 bits per heavy atom. The fourth-order valence-electron chi connectivity index (χ4n) is 1.95. The number of pyridine rings is 1. The van der Waals surface area contributed by atoms with Gasteiger partial charge in [-0.1, -0.05) is 13.8 Å². The Labute approximate surface area is 91.3 Å². The Morgan fingerprint density at radius 3 is 2.60 bits per heavy atom. The van der Waals surface area contributed by atoms with Gasteiger partial charge in [0.1, 0.15) is 5.82 Å². The van der Waals surface area contributed by atoms with Crippen LogP contribution in [0, 0.1) is 5.41 Å². The summed E-state index contributed by atoms with van der Waals surface area (Å²) in [7, 11) is 0. The van der Waals surface area contributed by atoms with Crippen LogP contribution in [0.3, 0.4) is 0 Å². The van der Waals surface area contributed by atoms with Crippen molar-refractivity contribution in [3.63, 3.8) is 0 Å². The molecule has 0 amide bonds. The molecule has 1 aromatic heterocycles. The maximum absolute atomic E-state index is 5.75. The van der Waals surface area contributed by atoms with Crippen molar-refractivity contribution in [1.29, 1.82) is 0 Å². The third-order valence-corrected chi connectivity index (χ3v) is 3.21. The second-order valence-corrected chi connectivity index (χ2v) is 5.10. The Morgan fingerprint density at radius 1 is 1.33 bits per heavy atom. The first-order valence-corrected chi connectivity index (χ1v) is 5.53. The molecule has 0 bridgehead atoms. The molecule has 0 unspecified atom stereocenters. The number of nitrogen functional groups attached to an aromatic ring is 1. The molecule has 1 aliphatic heterocycles. The van der Waals surface area contributed by atoms with Crippen LogP contribution < -0.4 is 10.6 Å². The first-order valence-electron chi connectivity index (χ1n) is 5.53. The monoisotopic (exact) mass is 205 g/mol. The lowest BCUT2D eigenvalue weighted by atomic mass is 9.83. The molecule has 3 heteroatoms. The van der Waals surface area contributed by atoms with Gasteiger partial charge in [-0.2, -0.15) is 0 Å². The van der Waals surface area contributed by atoms with Crippen LogP contribution in [0.4, 0.5) is 11.5 Å². The largest absolute Gasteiger partial charge is 0.399 e. The van der Waals surface area contributed by atoms with E-state index < -0.39 is 0 Å². The smallest absolute Gasteiger partial charge is 0.130 e. The average molecular weight is 205 g/mol. The summed E-state index contributed by atoms with van der Waals surface area (Å²) in [5.41, 5.74) is 7.03. The lowest BCUT2D eigenvalue weighted by Gasteiger charge is -2.37. The maximum atomic E-state index is 5.75. The topological polar surface area (TPSA) is 42.1 Å². The first-order chi connectivity index (χ1) is 7.07. The quantitative estimate of drug-likeness (QED) is 0.765. The van der Waals surface area contributed by atoms with Crippen LogP contribution in [-0.4, -0.2) is 18.1 Å². The van der Waals surface area contributed by atoms with E-state index in [0.29, 0.717) is 5.41 Å². The number of anilines is 2. The van der Waals surface area contributed by atoms with Crippen molar-refractivity contribution in [2.45, 2.75) is 26.7 Å². The van der Waals surface area contributed by atoms with E-state index in [9.17, 15) is 0 Å². The minimum absolute atomic E-state index is 0.483. The van der Waals surface area contributed by atoms with Gasteiger partial charge in [-0.3, -0.25) is 0 Å². The van der Waals surface area contributed by atoms with Gasteiger partial charge < -0.3 is 10.6 Å². The van der Waals surface area contributed by atoms with Crippen LogP contribution in [0.2, 0.25) is 0 Å². The van der Waals surface area contributed by atoms with Crippen molar-refractivity contribution in [1.82, 2.24) is 4.98 Å². The third kappa shape index (κ3) is 2.41. The summed E-state index contributed by atoms with van der Waals surface area (Å²) < 4.78 is 0. The van der Waals surface area contributed by atoms with Crippen molar-refractivity contribution < 1.29 is 0 Å². The number of hydrogen-bond donors (Lipinski definition) is 1. The molecule has 2 rings (SSSR count). The highest BCUT2D eigenvalue weighted by atomic mass is 15.2. The molecule has 0 atom stereocenters. The van der Waals surface area contributed by atoms with E-state index in [1.54, 1.807) is 6.20 Å². The van der Waals surface area contributed by atoms with E-state index in [4.69, 9.17) is 5.73 Å².